The molecule has 2 atom stereocenters. The molecule has 1 fully saturated rings. The number of aromatic nitrogens is 1. The number of Topliss-reactive ketones (excluding diaryl/α,β-unsaturated/α-hetero) is 1. The first kappa shape index (κ1) is 23.1. The number of hydrogen-bond donors (Lipinski definition) is 3. The molecule has 9 heteroatoms. The lowest BCUT2D eigenvalue weighted by atomic mass is 10.0. The number of carbonyl (C=O) groups excluding carboxylic acids is 3. The molecule has 2 aliphatic rings. The number of carbonyl (C=O) groups is 3. The molecule has 3 N–H and O–H groups in total. The summed E-state index contributed by atoms with van der Waals surface area (Å²) >= 11 is 0. The van der Waals surface area contributed by atoms with Gasteiger partial charge in [0, 0.05) is 30.4 Å². The van der Waals surface area contributed by atoms with Gasteiger partial charge in [-0.1, -0.05) is 0 Å². The van der Waals surface area contributed by atoms with Gasteiger partial charge in [-0.05, 0) is 62.4 Å². The quantitative estimate of drug-likeness (QED) is 0.455. The third-order valence-electron chi connectivity index (χ3n) is 6.41. The highest BCUT2D eigenvalue weighted by molar-refractivity contribution is 6.43. The number of nitrogens with one attached hydrogen (secondary N) is 2. The van der Waals surface area contributed by atoms with E-state index in [1.54, 1.807) is 24.5 Å². The van der Waals surface area contributed by atoms with E-state index in [1.165, 1.54) is 12.1 Å². The van der Waals surface area contributed by atoms with E-state index in [4.69, 9.17) is 4.74 Å². The van der Waals surface area contributed by atoms with Gasteiger partial charge in [-0.2, -0.15) is 0 Å². The lowest BCUT2D eigenvalue weighted by Gasteiger charge is -2.19. The van der Waals surface area contributed by atoms with Gasteiger partial charge in [0.1, 0.15) is 5.82 Å². The Morgan fingerprint density at radius 1 is 1.21 bits per heavy atom. The van der Waals surface area contributed by atoms with Crippen molar-refractivity contribution >= 4 is 23.3 Å². The molecule has 1 saturated heterocycles. The zero-order valence-corrected chi connectivity index (χ0v) is 18.7. The molecule has 2 aromatic rings. The van der Waals surface area contributed by atoms with Crippen LogP contribution >= 0.6 is 0 Å². The summed E-state index contributed by atoms with van der Waals surface area (Å²) in [7, 11) is 0. The van der Waals surface area contributed by atoms with Crippen LogP contribution < -0.4 is 10.6 Å². The van der Waals surface area contributed by atoms with Gasteiger partial charge in [0.25, 0.3) is 17.6 Å². The topological polar surface area (TPSA) is 110 Å². The van der Waals surface area contributed by atoms with Crippen molar-refractivity contribution in [1.82, 2.24) is 9.88 Å². The number of benzene rings is 1. The Morgan fingerprint density at radius 3 is 2.70 bits per heavy atom. The van der Waals surface area contributed by atoms with Crippen LogP contribution in [0, 0.1) is 25.6 Å². The predicted molar refractivity (Wildman–Crippen MR) is 119 cm³/mol. The molecule has 33 heavy (non-hydrogen) atoms. The SMILES string of the molecule is Cc1cc(NC(=O)c2c(C)c(C(=O)C(=O)NCC3COC[C@@H]3O)n3c2CCCC3)ccc1F. The molecule has 8 nitrogen and oxygen atoms in total. The van der Waals surface area contributed by atoms with E-state index in [0.29, 0.717) is 42.0 Å². The summed E-state index contributed by atoms with van der Waals surface area (Å²) in [6.45, 7) is 4.50. The second-order valence-electron chi connectivity index (χ2n) is 8.73. The summed E-state index contributed by atoms with van der Waals surface area (Å²) in [5.74, 6) is -2.50. The number of aryl methyl sites for hydroxylation is 1. The number of anilines is 1. The number of fused-ring (bicyclic) bond motifs is 1. The molecule has 0 saturated carbocycles. The van der Waals surface area contributed by atoms with E-state index in [9.17, 15) is 23.9 Å². The fourth-order valence-corrected chi connectivity index (χ4v) is 4.58. The maximum Gasteiger partial charge on any atom is 0.294 e. The van der Waals surface area contributed by atoms with Crippen molar-refractivity contribution in [2.75, 3.05) is 25.1 Å². The zero-order valence-electron chi connectivity index (χ0n) is 18.7. The van der Waals surface area contributed by atoms with E-state index in [2.05, 4.69) is 10.6 Å². The maximum absolute atomic E-state index is 13.6. The Hall–Kier alpha value is -3.04. The predicted octanol–water partition coefficient (Wildman–Crippen LogP) is 2.14. The molecule has 0 radical (unpaired) electrons. The Bertz CT molecular complexity index is 1110. The highest BCUT2D eigenvalue weighted by Crippen LogP contribution is 2.29. The third-order valence-corrected chi connectivity index (χ3v) is 6.41. The van der Waals surface area contributed by atoms with Crippen LogP contribution in [0.1, 0.15) is 50.5 Å². The van der Waals surface area contributed by atoms with Crippen molar-refractivity contribution in [2.24, 2.45) is 5.92 Å². The first-order valence-corrected chi connectivity index (χ1v) is 11.2. The van der Waals surface area contributed by atoms with Crippen LogP contribution in [-0.2, 0) is 22.5 Å². The Morgan fingerprint density at radius 2 is 2.00 bits per heavy atom. The van der Waals surface area contributed by atoms with Crippen LogP contribution in [0.25, 0.3) is 0 Å². The third kappa shape index (κ3) is 4.56. The fraction of sp³-hybridized carbons (Fsp3) is 0.458. The molecule has 1 aromatic carbocycles. The van der Waals surface area contributed by atoms with Gasteiger partial charge in [0.05, 0.1) is 30.6 Å². The van der Waals surface area contributed by atoms with Crippen LogP contribution in [0.3, 0.4) is 0 Å². The van der Waals surface area contributed by atoms with Gasteiger partial charge in [-0.3, -0.25) is 14.4 Å². The molecule has 2 aliphatic heterocycles. The van der Waals surface area contributed by atoms with Crippen molar-refractivity contribution in [2.45, 2.75) is 45.8 Å². The molecular formula is C24H28FN3O5. The van der Waals surface area contributed by atoms with E-state index in [1.807, 2.05) is 0 Å². The van der Waals surface area contributed by atoms with Crippen molar-refractivity contribution in [3.63, 3.8) is 0 Å². The number of aliphatic hydroxyl groups excluding tert-OH is 1. The van der Waals surface area contributed by atoms with Crippen LogP contribution in [0.5, 0.6) is 0 Å². The molecule has 0 aliphatic carbocycles. The Kier molecular flexibility index (Phi) is 6.62. The highest BCUT2D eigenvalue weighted by Gasteiger charge is 2.33. The average molecular weight is 458 g/mol. The Balaban J connectivity index is 1.58. The molecule has 0 bridgehead atoms. The summed E-state index contributed by atoms with van der Waals surface area (Å²) in [5.41, 5.74) is 2.64. The van der Waals surface area contributed by atoms with E-state index < -0.39 is 23.7 Å². The number of nitrogens with zero attached hydrogens (tertiary/aromatic N) is 1. The molecule has 0 spiro atoms. The van der Waals surface area contributed by atoms with Crippen molar-refractivity contribution < 1.29 is 28.6 Å². The van der Waals surface area contributed by atoms with Gasteiger partial charge < -0.3 is 25.0 Å². The molecular weight excluding hydrogens is 429 g/mol. The van der Waals surface area contributed by atoms with Gasteiger partial charge in [-0.15, -0.1) is 0 Å². The summed E-state index contributed by atoms with van der Waals surface area (Å²) in [4.78, 5) is 38.9. The number of ether oxygens (including phenoxy) is 1. The second kappa shape index (κ2) is 9.44. The number of hydrogen-bond acceptors (Lipinski definition) is 5. The number of aliphatic hydroxyl groups is 1. The van der Waals surface area contributed by atoms with Crippen molar-refractivity contribution in [3.8, 4) is 0 Å². The number of amides is 2. The monoisotopic (exact) mass is 457 g/mol. The first-order valence-electron chi connectivity index (χ1n) is 11.2. The van der Waals surface area contributed by atoms with Crippen LogP contribution in [0.2, 0.25) is 0 Å². The van der Waals surface area contributed by atoms with Crippen LogP contribution in [0.4, 0.5) is 10.1 Å². The summed E-state index contributed by atoms with van der Waals surface area (Å²) in [6.07, 6.45) is 1.66. The molecule has 4 rings (SSSR count). The molecule has 3 heterocycles. The number of halogens is 1. The standard InChI is InChI=1S/C24H28FN3O5/c1-13-9-16(6-7-17(13)25)27-23(31)20-14(2)21(28-8-4-3-5-18(20)28)22(30)24(32)26-10-15-11-33-12-19(15)29/h6-7,9,15,19,29H,3-5,8,10-12H2,1-2H3,(H,26,32)(H,27,31)/t15?,19-/m0/s1. The van der Waals surface area contributed by atoms with Gasteiger partial charge in [-0.25, -0.2) is 4.39 Å². The first-order chi connectivity index (χ1) is 15.8. The van der Waals surface area contributed by atoms with Crippen LogP contribution in [-0.4, -0.2) is 53.1 Å². The van der Waals surface area contributed by atoms with Crippen molar-refractivity contribution in [1.29, 1.82) is 0 Å². The van der Waals surface area contributed by atoms with Gasteiger partial charge in [0.15, 0.2) is 0 Å². The number of rotatable bonds is 6. The number of ketones is 1. The molecule has 1 aromatic heterocycles. The second-order valence-corrected chi connectivity index (χ2v) is 8.73. The van der Waals surface area contributed by atoms with Crippen molar-refractivity contribution in [3.05, 3.63) is 52.1 Å². The summed E-state index contributed by atoms with van der Waals surface area (Å²) < 4.78 is 20.5. The van der Waals surface area contributed by atoms with Crippen LogP contribution in [0.15, 0.2) is 18.2 Å². The minimum absolute atomic E-state index is 0.135. The lowest BCUT2D eigenvalue weighted by Crippen LogP contribution is -2.39. The zero-order chi connectivity index (χ0) is 23.7. The summed E-state index contributed by atoms with van der Waals surface area (Å²) in [6, 6.07) is 4.32. The smallest absolute Gasteiger partial charge is 0.294 e. The minimum atomic E-state index is -0.774. The van der Waals surface area contributed by atoms with Gasteiger partial charge >= 0.3 is 0 Å². The van der Waals surface area contributed by atoms with E-state index >= 15 is 0 Å². The summed E-state index contributed by atoms with van der Waals surface area (Å²) in [5, 5.41) is 15.2. The highest BCUT2D eigenvalue weighted by atomic mass is 19.1. The Labute approximate surface area is 191 Å². The maximum atomic E-state index is 13.6. The minimum Gasteiger partial charge on any atom is -0.390 e. The molecule has 176 valence electrons. The average Bonchev–Trinajstić information content (AvgIpc) is 3.33. The molecule has 1 unspecified atom stereocenters. The fourth-order valence-electron chi connectivity index (χ4n) is 4.58. The van der Waals surface area contributed by atoms with Gasteiger partial charge in [0.2, 0.25) is 0 Å². The lowest BCUT2D eigenvalue weighted by molar-refractivity contribution is -0.117. The van der Waals surface area contributed by atoms with E-state index in [-0.39, 0.29) is 30.6 Å². The molecule has 2 amide bonds. The largest absolute Gasteiger partial charge is 0.390 e. The van der Waals surface area contributed by atoms with E-state index in [0.717, 1.165) is 18.5 Å². The normalized spacial score (nSPS) is 19.8.